The van der Waals surface area contributed by atoms with Crippen LogP contribution in [0.25, 0.3) is 63.1 Å². The molecule has 7 heteroatoms. The van der Waals surface area contributed by atoms with Crippen LogP contribution in [0.2, 0.25) is 0 Å². The Morgan fingerprint density at radius 1 is 0.622 bits per heavy atom. The van der Waals surface area contributed by atoms with Crippen LogP contribution < -0.4 is 9.97 Å². The quantitative estimate of drug-likeness (QED) is 0.199. The van der Waals surface area contributed by atoms with Gasteiger partial charge in [-0.1, -0.05) is 48.5 Å². The number of aromatic amines is 1. The Morgan fingerprint density at radius 3 is 1.73 bits per heavy atom. The van der Waals surface area contributed by atoms with Crippen molar-refractivity contribution >= 4 is 58.2 Å². The van der Waals surface area contributed by atoms with Gasteiger partial charge in [0.2, 0.25) is 0 Å². The number of hydrogen-bond donors (Lipinski definition) is 1. The largest absolute Gasteiger partial charge is 2.00 e. The minimum atomic E-state index is 0. The molecule has 0 fully saturated rings. The molecule has 8 rings (SSSR count). The van der Waals surface area contributed by atoms with E-state index in [1.807, 2.05) is 30.6 Å². The predicted octanol–water partition coefficient (Wildman–Crippen LogP) is 8.23. The molecule has 1 aromatic carbocycles. The van der Waals surface area contributed by atoms with Crippen LogP contribution in [-0.4, -0.2) is 21.2 Å². The first kappa shape index (κ1) is 28.6. The van der Waals surface area contributed by atoms with Gasteiger partial charge in [-0.15, -0.1) is 22.1 Å². The van der Waals surface area contributed by atoms with Gasteiger partial charge in [-0.05, 0) is 103 Å². The molecule has 8 bridgehead atoms. The van der Waals surface area contributed by atoms with E-state index < -0.39 is 0 Å². The molecule has 0 radical (unpaired) electrons. The van der Waals surface area contributed by atoms with E-state index in [0.717, 1.165) is 95.2 Å². The molecular weight excluding hydrogens is 606 g/mol. The zero-order valence-electron chi connectivity index (χ0n) is 25.3. The number of rotatable bonds is 3. The molecule has 0 spiro atoms. The molecule has 3 aliphatic rings. The zero-order valence-corrected chi connectivity index (χ0v) is 28.3. The molecule has 5 aromatic rings. The van der Waals surface area contributed by atoms with E-state index in [0.29, 0.717) is 0 Å². The molecule has 0 saturated carbocycles. The number of fused-ring (bicyclic) bond motifs is 8. The Labute approximate surface area is 273 Å². The Kier molecular flexibility index (Phi) is 7.27. The maximum Gasteiger partial charge on any atom is 2.00 e. The molecule has 0 amide bonds. The first-order chi connectivity index (χ1) is 21.5. The number of hydrogen-bond acceptors (Lipinski definition) is 3. The van der Waals surface area contributed by atoms with E-state index in [2.05, 4.69) is 110 Å². The normalized spacial score (nSPS) is 14.3. The van der Waals surface area contributed by atoms with E-state index in [1.54, 1.807) is 0 Å². The predicted molar refractivity (Wildman–Crippen MR) is 181 cm³/mol. The van der Waals surface area contributed by atoms with Crippen LogP contribution in [0.15, 0.2) is 89.7 Å². The first-order valence-corrected chi connectivity index (χ1v) is 14.7. The Hall–Kier alpha value is -5.13. The summed E-state index contributed by atoms with van der Waals surface area (Å²) in [6.07, 6.45) is 16.1. The van der Waals surface area contributed by atoms with Gasteiger partial charge in [0.05, 0.1) is 28.5 Å². The van der Waals surface area contributed by atoms with E-state index in [-0.39, 0.29) is 19.5 Å². The average Bonchev–Trinajstić information content (AvgIpc) is 3.90. The third kappa shape index (κ3) is 4.99. The number of nitrogens with one attached hydrogen (secondary N) is 1. The molecular formula is C38H28N6Zn. The number of nitrogens with zero attached hydrogens (tertiary/aromatic N) is 5. The van der Waals surface area contributed by atoms with Crippen LogP contribution in [0.5, 0.6) is 0 Å². The summed E-state index contributed by atoms with van der Waals surface area (Å²) >= 11 is 0. The van der Waals surface area contributed by atoms with Gasteiger partial charge in [0, 0.05) is 23.7 Å². The van der Waals surface area contributed by atoms with Gasteiger partial charge in [0.25, 0.3) is 0 Å². The molecule has 3 aliphatic heterocycles. The van der Waals surface area contributed by atoms with Crippen molar-refractivity contribution in [2.24, 2.45) is 4.99 Å². The van der Waals surface area contributed by atoms with Gasteiger partial charge in [0.1, 0.15) is 0 Å². The fourth-order valence-corrected chi connectivity index (χ4v) is 5.98. The number of H-pyrrole nitrogens is 1. The summed E-state index contributed by atoms with van der Waals surface area (Å²) in [5.74, 6) is 0. The second-order valence-electron chi connectivity index (χ2n) is 11.2. The molecule has 0 aliphatic carbocycles. The Morgan fingerprint density at radius 2 is 1.18 bits per heavy atom. The molecule has 6 nitrogen and oxygen atoms in total. The molecule has 212 valence electrons. The van der Waals surface area contributed by atoms with Gasteiger partial charge >= 0.3 is 19.5 Å². The van der Waals surface area contributed by atoms with Crippen LogP contribution in [0, 0.1) is 20.8 Å². The summed E-state index contributed by atoms with van der Waals surface area (Å²) in [5.41, 5.74) is 16.4. The number of aromatic nitrogens is 5. The van der Waals surface area contributed by atoms with Gasteiger partial charge in [0.15, 0.2) is 0 Å². The smallest absolute Gasteiger partial charge is 0.657 e. The van der Waals surface area contributed by atoms with Crippen LogP contribution in [-0.2, 0) is 19.5 Å². The minimum Gasteiger partial charge on any atom is -0.657 e. The number of aryl methyl sites for hydroxylation is 3. The number of allylic oxidation sites excluding steroid dienone is 2. The van der Waals surface area contributed by atoms with Gasteiger partial charge in [-0.25, -0.2) is 9.97 Å². The van der Waals surface area contributed by atoms with Gasteiger partial charge in [-0.3, -0.25) is 4.99 Å². The second kappa shape index (κ2) is 11.4. The van der Waals surface area contributed by atoms with E-state index in [4.69, 9.17) is 19.9 Å². The van der Waals surface area contributed by atoms with Crippen molar-refractivity contribution in [1.82, 2.24) is 24.9 Å². The van der Waals surface area contributed by atoms with E-state index >= 15 is 0 Å². The van der Waals surface area contributed by atoms with Gasteiger partial charge in [-0.2, -0.15) is 0 Å². The van der Waals surface area contributed by atoms with Crippen molar-refractivity contribution in [2.45, 2.75) is 20.8 Å². The molecule has 45 heavy (non-hydrogen) atoms. The Balaban J connectivity index is 0.00000325. The van der Waals surface area contributed by atoms with Crippen molar-refractivity contribution < 1.29 is 19.5 Å². The van der Waals surface area contributed by atoms with Crippen molar-refractivity contribution in [3.8, 4) is 11.1 Å². The van der Waals surface area contributed by atoms with Crippen molar-refractivity contribution in [1.29, 1.82) is 0 Å². The molecule has 7 heterocycles. The third-order valence-corrected chi connectivity index (χ3v) is 8.52. The van der Waals surface area contributed by atoms with Crippen LogP contribution >= 0.6 is 0 Å². The van der Waals surface area contributed by atoms with E-state index in [9.17, 15) is 0 Å². The fourth-order valence-electron chi connectivity index (χ4n) is 5.98. The SMILES string of the molecule is Cc1c2nc(c(C)c3ccc([n-]3)c(-c3ccc(/C(=C4\C=CC=N4)c4ccc[nH]4)cc3)c3nc(c(C)c4ccc1[n-]4)C=C3)C=C2.[Zn+2]. The summed E-state index contributed by atoms with van der Waals surface area (Å²) in [5, 5.41) is 0. The number of aliphatic imine (C=N–C) groups is 1. The van der Waals surface area contributed by atoms with Crippen molar-refractivity contribution in [3.63, 3.8) is 0 Å². The van der Waals surface area contributed by atoms with Crippen LogP contribution in [0.4, 0.5) is 0 Å². The molecule has 1 N–H and O–H groups in total. The maximum atomic E-state index is 5.13. The van der Waals surface area contributed by atoms with Crippen LogP contribution in [0.1, 0.15) is 50.7 Å². The summed E-state index contributed by atoms with van der Waals surface area (Å²) in [6.45, 7) is 6.24. The van der Waals surface area contributed by atoms with Crippen molar-refractivity contribution in [3.05, 3.63) is 135 Å². The first-order valence-electron chi connectivity index (χ1n) is 14.7. The minimum absolute atomic E-state index is 0. The van der Waals surface area contributed by atoms with E-state index in [1.165, 1.54) is 0 Å². The van der Waals surface area contributed by atoms with Crippen molar-refractivity contribution in [2.75, 3.05) is 0 Å². The standard InChI is InChI=1S/C38H28N6.Zn/c1-22-27-12-14-29(41-27)23(2)31-16-18-35(43-31)38(36-19-17-32(44-36)24(3)30-15-13-28(22)42-30)26-10-8-25(9-11-26)37(33-6-4-20-39-33)34-7-5-21-40-34;/h4-21,39H,1-3H3;/q-2;+2/b27-22?,28-22?,29-23?,30-24?,31-23?,32-24?,37-34-,38-35?,38-36?;. The molecule has 4 aromatic heterocycles. The maximum absolute atomic E-state index is 5.13. The fraction of sp³-hybridized carbons (Fsp3) is 0.0789. The summed E-state index contributed by atoms with van der Waals surface area (Å²) < 4.78 is 0. The monoisotopic (exact) mass is 632 g/mol. The summed E-state index contributed by atoms with van der Waals surface area (Å²) in [4.78, 5) is 28.1. The van der Waals surface area contributed by atoms with Crippen LogP contribution in [0.3, 0.4) is 0 Å². The molecule has 0 unspecified atom stereocenters. The average molecular weight is 634 g/mol. The van der Waals surface area contributed by atoms with Gasteiger partial charge < -0.3 is 15.0 Å². The molecule has 0 atom stereocenters. The zero-order chi connectivity index (χ0) is 29.8. The molecule has 0 saturated heterocycles. The number of benzene rings is 1. The topological polar surface area (TPSA) is 82.1 Å². The second-order valence-corrected chi connectivity index (χ2v) is 11.2. The Bertz CT molecular complexity index is 2270. The summed E-state index contributed by atoms with van der Waals surface area (Å²) in [6, 6.07) is 21.0. The third-order valence-electron chi connectivity index (χ3n) is 8.52. The summed E-state index contributed by atoms with van der Waals surface area (Å²) in [7, 11) is 0.